The molecule has 0 aromatic carbocycles. The molecule has 0 atom stereocenters. The summed E-state index contributed by atoms with van der Waals surface area (Å²) >= 11 is 3.62. The van der Waals surface area contributed by atoms with Gasteiger partial charge in [0.15, 0.2) is 0 Å². The van der Waals surface area contributed by atoms with Crippen molar-refractivity contribution in [2.24, 2.45) is 4.99 Å². The zero-order chi connectivity index (χ0) is 15.7. The van der Waals surface area contributed by atoms with Crippen LogP contribution in [0.25, 0.3) is 0 Å². The van der Waals surface area contributed by atoms with Gasteiger partial charge < -0.3 is 4.90 Å². The van der Waals surface area contributed by atoms with Gasteiger partial charge >= 0.3 is 0 Å². The van der Waals surface area contributed by atoms with E-state index < -0.39 is 0 Å². The Labute approximate surface area is 141 Å². The van der Waals surface area contributed by atoms with E-state index in [1.54, 1.807) is 0 Å². The lowest BCUT2D eigenvalue weighted by Gasteiger charge is -2.31. The molecule has 1 saturated carbocycles. The zero-order valence-electron chi connectivity index (χ0n) is 13.4. The summed E-state index contributed by atoms with van der Waals surface area (Å²) in [7, 11) is 1.82. The average molecular weight is 363 g/mol. The smallest absolute Gasteiger partial charge is 0.254 e. The Morgan fingerprint density at radius 1 is 1.36 bits per heavy atom. The highest BCUT2D eigenvalue weighted by atomic mass is 79.9. The molecule has 1 amide bonds. The largest absolute Gasteiger partial charge is 0.331 e. The number of carbonyl (C=O) groups is 1. The minimum atomic E-state index is 0.190. The van der Waals surface area contributed by atoms with Gasteiger partial charge in [-0.05, 0) is 25.3 Å². The first-order valence-corrected chi connectivity index (χ1v) is 9.06. The van der Waals surface area contributed by atoms with Crippen molar-refractivity contribution >= 4 is 27.5 Å². The van der Waals surface area contributed by atoms with Crippen LogP contribution < -0.4 is 0 Å². The van der Waals surface area contributed by atoms with Gasteiger partial charge in [0.25, 0.3) is 5.91 Å². The van der Waals surface area contributed by atoms with E-state index in [4.69, 9.17) is 0 Å². The van der Waals surface area contributed by atoms with E-state index in [2.05, 4.69) is 38.8 Å². The monoisotopic (exact) mass is 362 g/mol. The molecule has 3 nitrogen and oxygen atoms in total. The van der Waals surface area contributed by atoms with E-state index in [1.807, 2.05) is 13.1 Å². The first-order valence-electron chi connectivity index (χ1n) is 8.26. The number of carbonyl (C=O) groups excluding carboxylic acids is 1. The van der Waals surface area contributed by atoms with Gasteiger partial charge in [0.05, 0.1) is 5.71 Å². The molecule has 0 N–H and O–H groups in total. The summed E-state index contributed by atoms with van der Waals surface area (Å²) in [6.45, 7) is 2.85. The maximum Gasteiger partial charge on any atom is 0.254 e. The predicted molar refractivity (Wildman–Crippen MR) is 94.4 cm³/mol. The SMILES string of the molecule is CC/C=C1/C(Br)=CC2=C(CN(C3CCCCC3)C2=O)C1=NC. The minimum absolute atomic E-state index is 0.190. The van der Waals surface area contributed by atoms with Crippen molar-refractivity contribution in [2.45, 2.75) is 51.5 Å². The van der Waals surface area contributed by atoms with E-state index >= 15 is 0 Å². The van der Waals surface area contributed by atoms with Crippen LogP contribution in [0.3, 0.4) is 0 Å². The molecule has 4 heteroatoms. The molecule has 0 bridgehead atoms. The van der Waals surface area contributed by atoms with Gasteiger partial charge in [-0.3, -0.25) is 9.79 Å². The highest BCUT2D eigenvalue weighted by molar-refractivity contribution is 9.12. The van der Waals surface area contributed by atoms with Crippen molar-refractivity contribution in [2.75, 3.05) is 13.6 Å². The van der Waals surface area contributed by atoms with E-state index in [1.165, 1.54) is 19.3 Å². The maximum atomic E-state index is 12.8. The molecule has 3 rings (SSSR count). The number of amides is 1. The second kappa shape index (κ2) is 6.53. The first-order chi connectivity index (χ1) is 10.7. The zero-order valence-corrected chi connectivity index (χ0v) is 14.9. The third-order valence-electron chi connectivity index (χ3n) is 4.86. The fourth-order valence-corrected chi connectivity index (χ4v) is 4.36. The van der Waals surface area contributed by atoms with Gasteiger partial charge in [-0.15, -0.1) is 0 Å². The Balaban J connectivity index is 1.93. The van der Waals surface area contributed by atoms with Crippen LogP contribution in [0.1, 0.15) is 45.4 Å². The second-order valence-electron chi connectivity index (χ2n) is 6.21. The molecule has 2 aliphatic carbocycles. The fourth-order valence-electron chi connectivity index (χ4n) is 3.78. The summed E-state index contributed by atoms with van der Waals surface area (Å²) in [6, 6.07) is 0.413. The van der Waals surface area contributed by atoms with Gasteiger partial charge in [0.2, 0.25) is 0 Å². The number of aliphatic imine (C=N–C) groups is 1. The summed E-state index contributed by atoms with van der Waals surface area (Å²) in [5, 5.41) is 0. The van der Waals surface area contributed by atoms with E-state index in [0.717, 1.165) is 52.7 Å². The number of halogens is 1. The van der Waals surface area contributed by atoms with Crippen molar-refractivity contribution in [3.63, 3.8) is 0 Å². The molecule has 118 valence electrons. The van der Waals surface area contributed by atoms with Gasteiger partial charge in [-0.2, -0.15) is 0 Å². The van der Waals surface area contributed by atoms with Crippen molar-refractivity contribution in [1.82, 2.24) is 4.90 Å². The van der Waals surface area contributed by atoms with E-state index in [9.17, 15) is 4.79 Å². The number of hydrogen-bond acceptors (Lipinski definition) is 2. The van der Waals surface area contributed by atoms with Gasteiger partial charge in [-0.25, -0.2) is 0 Å². The average Bonchev–Trinajstić information content (AvgIpc) is 2.86. The summed E-state index contributed by atoms with van der Waals surface area (Å²) in [6.07, 6.45) is 11.2. The van der Waals surface area contributed by atoms with E-state index in [-0.39, 0.29) is 5.91 Å². The first kappa shape index (κ1) is 15.7. The van der Waals surface area contributed by atoms with Gasteiger partial charge in [0, 0.05) is 40.8 Å². The number of hydrogen-bond donors (Lipinski definition) is 0. The lowest BCUT2D eigenvalue weighted by molar-refractivity contribution is -0.127. The van der Waals surface area contributed by atoms with Crippen LogP contribution in [0.5, 0.6) is 0 Å². The molecule has 0 spiro atoms. The van der Waals surface area contributed by atoms with Crippen LogP contribution in [0.15, 0.2) is 38.3 Å². The third kappa shape index (κ3) is 2.62. The Morgan fingerprint density at radius 2 is 2.09 bits per heavy atom. The highest BCUT2D eigenvalue weighted by Gasteiger charge is 2.38. The topological polar surface area (TPSA) is 32.7 Å². The summed E-state index contributed by atoms with van der Waals surface area (Å²) in [5.41, 5.74) is 4.06. The standard InChI is InChI=1S/C18H23BrN2O/c1-3-7-13-16(19)10-14-15(17(13)20-2)11-21(18(14)22)12-8-5-4-6-9-12/h7,10,12H,3-6,8-9,11H2,1-2H3/b13-7-,20-17?. The molecule has 0 aromatic heterocycles. The van der Waals surface area contributed by atoms with Crippen molar-refractivity contribution in [1.29, 1.82) is 0 Å². The van der Waals surface area contributed by atoms with E-state index in [0.29, 0.717) is 6.04 Å². The quantitative estimate of drug-likeness (QED) is 0.725. The second-order valence-corrected chi connectivity index (χ2v) is 7.06. The maximum absolute atomic E-state index is 12.8. The molecule has 0 aromatic rings. The van der Waals surface area contributed by atoms with Gasteiger partial charge in [0.1, 0.15) is 0 Å². The summed E-state index contributed by atoms with van der Waals surface area (Å²) < 4.78 is 0.979. The molecular weight excluding hydrogens is 340 g/mol. The van der Waals surface area contributed by atoms with Gasteiger partial charge in [-0.1, -0.05) is 48.2 Å². The van der Waals surface area contributed by atoms with Crippen LogP contribution in [-0.4, -0.2) is 36.2 Å². The Hall–Kier alpha value is -1.16. The lowest BCUT2D eigenvalue weighted by atomic mass is 9.92. The van der Waals surface area contributed by atoms with Crippen LogP contribution in [0.4, 0.5) is 0 Å². The lowest BCUT2D eigenvalue weighted by Crippen LogP contribution is -2.39. The number of rotatable bonds is 2. The molecule has 1 heterocycles. The van der Waals surface area contributed by atoms with Crippen molar-refractivity contribution in [3.8, 4) is 0 Å². The molecule has 1 fully saturated rings. The molecular formula is C18H23BrN2O. The van der Waals surface area contributed by atoms with Crippen LogP contribution in [0, 0.1) is 0 Å². The molecule has 0 unspecified atom stereocenters. The van der Waals surface area contributed by atoms with Crippen molar-refractivity contribution < 1.29 is 4.79 Å². The van der Waals surface area contributed by atoms with Crippen molar-refractivity contribution in [3.05, 3.63) is 33.4 Å². The fraction of sp³-hybridized carbons (Fsp3) is 0.556. The Kier molecular flexibility index (Phi) is 4.67. The molecule has 3 aliphatic rings. The summed E-state index contributed by atoms with van der Waals surface area (Å²) in [4.78, 5) is 19.4. The molecule has 22 heavy (non-hydrogen) atoms. The number of allylic oxidation sites excluding steroid dienone is 3. The normalized spacial score (nSPS) is 27.0. The highest BCUT2D eigenvalue weighted by Crippen LogP contribution is 2.37. The van der Waals surface area contributed by atoms with Crippen LogP contribution >= 0.6 is 15.9 Å². The third-order valence-corrected chi connectivity index (χ3v) is 5.52. The van der Waals surface area contributed by atoms with Crippen LogP contribution in [-0.2, 0) is 4.79 Å². The predicted octanol–water partition coefficient (Wildman–Crippen LogP) is 4.16. The Bertz CT molecular complexity index is 607. The molecule has 0 saturated heterocycles. The minimum Gasteiger partial charge on any atom is -0.331 e. The number of nitrogens with zero attached hydrogens (tertiary/aromatic N) is 2. The van der Waals surface area contributed by atoms with Crippen LogP contribution in [0.2, 0.25) is 0 Å². The molecule has 1 aliphatic heterocycles. The summed E-state index contributed by atoms with van der Waals surface area (Å²) in [5.74, 6) is 0.190. The Morgan fingerprint density at radius 3 is 2.73 bits per heavy atom. The molecule has 0 radical (unpaired) electrons.